The minimum Gasteiger partial charge on any atom is -0.478 e. The Morgan fingerprint density at radius 3 is 2.45 bits per heavy atom. The molecule has 1 aromatic heterocycles. The third-order valence-electron chi connectivity index (χ3n) is 2.76. The standard InChI is InChI=1S/C14H10F3NO2/c1-8-4-9(7-18-6-8)11-3-2-10(14(15,16)17)5-12(11)13(19)20/h2-7H,1H3,(H,19,20). The summed E-state index contributed by atoms with van der Waals surface area (Å²) in [6.07, 6.45) is -1.58. The number of benzene rings is 1. The average molecular weight is 281 g/mol. The summed E-state index contributed by atoms with van der Waals surface area (Å²) in [5, 5.41) is 9.10. The number of carboxylic acid groups (broad SMARTS) is 1. The molecule has 0 unspecified atom stereocenters. The first-order valence-electron chi connectivity index (χ1n) is 5.65. The van der Waals surface area contributed by atoms with E-state index in [4.69, 9.17) is 5.11 Å². The molecule has 3 nitrogen and oxygen atoms in total. The van der Waals surface area contributed by atoms with Gasteiger partial charge in [-0.15, -0.1) is 0 Å². The molecule has 0 spiro atoms. The van der Waals surface area contributed by atoms with Gasteiger partial charge in [-0.3, -0.25) is 4.98 Å². The highest BCUT2D eigenvalue weighted by Gasteiger charge is 2.31. The number of aromatic carboxylic acids is 1. The Bertz CT molecular complexity index is 666. The maximum Gasteiger partial charge on any atom is 0.416 e. The fourth-order valence-corrected chi connectivity index (χ4v) is 1.85. The number of halogens is 3. The van der Waals surface area contributed by atoms with Crippen LogP contribution in [-0.2, 0) is 6.18 Å². The molecule has 1 aromatic carbocycles. The fraction of sp³-hybridized carbons (Fsp3) is 0.143. The van der Waals surface area contributed by atoms with Crippen LogP contribution in [0.15, 0.2) is 36.7 Å². The number of carboxylic acids is 1. The highest BCUT2D eigenvalue weighted by Crippen LogP contribution is 2.33. The van der Waals surface area contributed by atoms with Gasteiger partial charge in [0.1, 0.15) is 0 Å². The second kappa shape index (κ2) is 4.96. The number of hydrogen-bond acceptors (Lipinski definition) is 2. The van der Waals surface area contributed by atoms with Gasteiger partial charge in [0.25, 0.3) is 0 Å². The Kier molecular flexibility index (Phi) is 3.48. The largest absolute Gasteiger partial charge is 0.478 e. The van der Waals surface area contributed by atoms with Crippen LogP contribution in [0.3, 0.4) is 0 Å². The number of hydrogen-bond donors (Lipinski definition) is 1. The van der Waals surface area contributed by atoms with Gasteiger partial charge < -0.3 is 5.11 Å². The summed E-state index contributed by atoms with van der Waals surface area (Å²) in [7, 11) is 0. The molecule has 1 N–H and O–H groups in total. The summed E-state index contributed by atoms with van der Waals surface area (Å²) in [5.74, 6) is -1.41. The Balaban J connectivity index is 2.62. The molecule has 1 heterocycles. The molecule has 6 heteroatoms. The Hall–Kier alpha value is -2.37. The molecule has 0 saturated heterocycles. The first-order chi connectivity index (χ1) is 9.29. The van der Waals surface area contributed by atoms with Crippen molar-refractivity contribution in [1.82, 2.24) is 4.98 Å². The third kappa shape index (κ3) is 2.79. The summed E-state index contributed by atoms with van der Waals surface area (Å²) < 4.78 is 37.9. The summed E-state index contributed by atoms with van der Waals surface area (Å²) in [6.45, 7) is 1.76. The van der Waals surface area contributed by atoms with E-state index in [0.29, 0.717) is 11.6 Å². The zero-order chi connectivity index (χ0) is 14.9. The van der Waals surface area contributed by atoms with E-state index in [9.17, 15) is 18.0 Å². The molecule has 0 aliphatic carbocycles. The Labute approximate surface area is 112 Å². The van der Waals surface area contributed by atoms with Crippen molar-refractivity contribution in [2.24, 2.45) is 0 Å². The number of aryl methyl sites for hydroxylation is 1. The zero-order valence-electron chi connectivity index (χ0n) is 10.4. The number of aromatic nitrogens is 1. The smallest absolute Gasteiger partial charge is 0.416 e. The molecule has 0 bridgehead atoms. The van der Waals surface area contributed by atoms with Gasteiger partial charge >= 0.3 is 12.1 Å². The predicted octanol–water partition coefficient (Wildman–Crippen LogP) is 3.77. The van der Waals surface area contributed by atoms with Gasteiger partial charge in [0.05, 0.1) is 11.1 Å². The lowest BCUT2D eigenvalue weighted by atomic mass is 9.98. The number of alkyl halides is 3. The molecule has 0 aliphatic rings. The molecular formula is C14H10F3NO2. The van der Waals surface area contributed by atoms with Crippen LogP contribution in [0.1, 0.15) is 21.5 Å². The molecule has 0 radical (unpaired) electrons. The number of carbonyl (C=O) groups is 1. The third-order valence-corrected chi connectivity index (χ3v) is 2.76. The second-order valence-electron chi connectivity index (χ2n) is 4.31. The first kappa shape index (κ1) is 14.0. The molecule has 0 amide bonds. The normalized spacial score (nSPS) is 11.4. The van der Waals surface area contributed by atoms with Crippen LogP contribution in [0.25, 0.3) is 11.1 Å². The van der Waals surface area contributed by atoms with Crippen LogP contribution in [0.4, 0.5) is 13.2 Å². The van der Waals surface area contributed by atoms with Gasteiger partial charge in [0, 0.05) is 18.0 Å². The van der Waals surface area contributed by atoms with Crippen molar-refractivity contribution in [1.29, 1.82) is 0 Å². The van der Waals surface area contributed by atoms with Gasteiger partial charge in [-0.25, -0.2) is 4.79 Å². The lowest BCUT2D eigenvalue weighted by molar-refractivity contribution is -0.137. The van der Waals surface area contributed by atoms with E-state index in [-0.39, 0.29) is 5.56 Å². The van der Waals surface area contributed by atoms with Gasteiger partial charge in [-0.05, 0) is 36.2 Å². The fourth-order valence-electron chi connectivity index (χ4n) is 1.85. The molecule has 20 heavy (non-hydrogen) atoms. The molecule has 0 atom stereocenters. The quantitative estimate of drug-likeness (QED) is 0.911. The predicted molar refractivity (Wildman–Crippen MR) is 66.4 cm³/mol. The van der Waals surface area contributed by atoms with E-state index in [0.717, 1.165) is 17.7 Å². The minimum atomic E-state index is -4.58. The number of rotatable bonds is 2. The molecule has 2 rings (SSSR count). The van der Waals surface area contributed by atoms with Gasteiger partial charge in [0.15, 0.2) is 0 Å². The Morgan fingerprint density at radius 2 is 1.90 bits per heavy atom. The van der Waals surface area contributed by atoms with Crippen molar-refractivity contribution in [2.45, 2.75) is 13.1 Å². The van der Waals surface area contributed by atoms with Crippen molar-refractivity contribution < 1.29 is 23.1 Å². The van der Waals surface area contributed by atoms with Crippen molar-refractivity contribution in [2.75, 3.05) is 0 Å². The van der Waals surface area contributed by atoms with Gasteiger partial charge in [-0.2, -0.15) is 13.2 Å². The minimum absolute atomic E-state index is 0.210. The van der Waals surface area contributed by atoms with Gasteiger partial charge in [0.2, 0.25) is 0 Å². The first-order valence-corrected chi connectivity index (χ1v) is 5.65. The highest BCUT2D eigenvalue weighted by molar-refractivity contribution is 5.96. The SMILES string of the molecule is Cc1cncc(-c2ccc(C(F)(F)F)cc2C(=O)O)c1. The monoisotopic (exact) mass is 281 g/mol. The second-order valence-corrected chi connectivity index (χ2v) is 4.31. The summed E-state index contributed by atoms with van der Waals surface area (Å²) in [6, 6.07) is 4.33. The van der Waals surface area contributed by atoms with Gasteiger partial charge in [-0.1, -0.05) is 6.07 Å². The number of pyridine rings is 1. The summed E-state index contributed by atoms with van der Waals surface area (Å²) in [4.78, 5) is 15.1. The van der Waals surface area contributed by atoms with E-state index in [1.807, 2.05) is 0 Å². The van der Waals surface area contributed by atoms with Crippen molar-refractivity contribution in [3.8, 4) is 11.1 Å². The van der Waals surface area contributed by atoms with Crippen LogP contribution in [0, 0.1) is 6.92 Å². The van der Waals surface area contributed by atoms with E-state index in [1.165, 1.54) is 6.20 Å². The van der Waals surface area contributed by atoms with Crippen LogP contribution in [-0.4, -0.2) is 16.1 Å². The Morgan fingerprint density at radius 1 is 1.20 bits per heavy atom. The van der Waals surface area contributed by atoms with Crippen molar-refractivity contribution >= 4 is 5.97 Å². The van der Waals surface area contributed by atoms with E-state index >= 15 is 0 Å². The molecular weight excluding hydrogens is 271 g/mol. The van der Waals surface area contributed by atoms with Crippen LogP contribution in [0.5, 0.6) is 0 Å². The average Bonchev–Trinajstić information content (AvgIpc) is 2.37. The lowest BCUT2D eigenvalue weighted by Gasteiger charge is -2.11. The maximum atomic E-state index is 12.6. The molecule has 0 aliphatic heterocycles. The van der Waals surface area contributed by atoms with Crippen molar-refractivity contribution in [3.05, 3.63) is 53.3 Å². The lowest BCUT2D eigenvalue weighted by Crippen LogP contribution is -2.08. The zero-order valence-corrected chi connectivity index (χ0v) is 10.4. The highest BCUT2D eigenvalue weighted by atomic mass is 19.4. The van der Waals surface area contributed by atoms with Crippen LogP contribution >= 0.6 is 0 Å². The molecule has 0 saturated carbocycles. The molecule has 2 aromatic rings. The van der Waals surface area contributed by atoms with E-state index < -0.39 is 23.3 Å². The molecule has 0 fully saturated rings. The van der Waals surface area contributed by atoms with Crippen LogP contribution in [0.2, 0.25) is 0 Å². The van der Waals surface area contributed by atoms with E-state index in [1.54, 1.807) is 19.2 Å². The maximum absolute atomic E-state index is 12.6. The topological polar surface area (TPSA) is 50.2 Å². The van der Waals surface area contributed by atoms with E-state index in [2.05, 4.69) is 4.98 Å². The molecule has 104 valence electrons. The van der Waals surface area contributed by atoms with Crippen molar-refractivity contribution in [3.63, 3.8) is 0 Å². The summed E-state index contributed by atoms with van der Waals surface area (Å²) >= 11 is 0. The summed E-state index contributed by atoms with van der Waals surface area (Å²) in [5.41, 5.74) is 0.0862. The number of nitrogens with zero attached hydrogens (tertiary/aromatic N) is 1. The van der Waals surface area contributed by atoms with Crippen LogP contribution < -0.4 is 0 Å².